The maximum atomic E-state index is 11.6. The van der Waals surface area contributed by atoms with Crippen molar-refractivity contribution in [2.75, 3.05) is 0 Å². The molecule has 1 atom stereocenters. The maximum absolute atomic E-state index is 11.6. The standard InChI is InChI=1S/C11H15NO4/c1-4-8-6(2)5-9(16-8)10(13)12-7(3)11(14)15/h5,7H,4H2,1-3H3,(H,12,13)(H,14,15). The average Bonchev–Trinajstić information content (AvgIpc) is 2.59. The van der Waals surface area contributed by atoms with Gasteiger partial charge in [0.2, 0.25) is 0 Å². The Morgan fingerprint density at radius 1 is 1.56 bits per heavy atom. The number of aryl methyl sites for hydroxylation is 2. The molecule has 5 heteroatoms. The SMILES string of the molecule is CCc1oc(C(=O)NC(C)C(=O)O)cc1C. The zero-order chi connectivity index (χ0) is 12.3. The van der Waals surface area contributed by atoms with Crippen molar-refractivity contribution in [3.63, 3.8) is 0 Å². The Morgan fingerprint density at radius 3 is 2.62 bits per heavy atom. The molecular formula is C11H15NO4. The van der Waals surface area contributed by atoms with Gasteiger partial charge in [0.05, 0.1) is 0 Å². The smallest absolute Gasteiger partial charge is 0.325 e. The Bertz CT molecular complexity index is 408. The summed E-state index contributed by atoms with van der Waals surface area (Å²) in [5.41, 5.74) is 0.899. The van der Waals surface area contributed by atoms with Gasteiger partial charge in [0.1, 0.15) is 11.8 Å². The predicted molar refractivity (Wildman–Crippen MR) is 57.4 cm³/mol. The molecule has 0 bridgehead atoms. The summed E-state index contributed by atoms with van der Waals surface area (Å²) in [6.45, 7) is 5.17. The van der Waals surface area contributed by atoms with Crippen LogP contribution < -0.4 is 5.32 Å². The van der Waals surface area contributed by atoms with Gasteiger partial charge in [0, 0.05) is 6.42 Å². The summed E-state index contributed by atoms with van der Waals surface area (Å²) in [4.78, 5) is 22.1. The first-order valence-corrected chi connectivity index (χ1v) is 5.08. The van der Waals surface area contributed by atoms with Crippen molar-refractivity contribution in [1.29, 1.82) is 0 Å². The second-order valence-electron chi connectivity index (χ2n) is 3.60. The molecule has 0 aliphatic heterocycles. The number of aliphatic carboxylic acids is 1. The van der Waals surface area contributed by atoms with E-state index >= 15 is 0 Å². The third kappa shape index (κ3) is 2.62. The number of furan rings is 1. The van der Waals surface area contributed by atoms with Crippen LogP contribution in [0, 0.1) is 6.92 Å². The number of carbonyl (C=O) groups excluding carboxylic acids is 1. The summed E-state index contributed by atoms with van der Waals surface area (Å²) in [5.74, 6) is -0.680. The van der Waals surface area contributed by atoms with Gasteiger partial charge in [-0.1, -0.05) is 6.92 Å². The Hall–Kier alpha value is -1.78. The highest BCUT2D eigenvalue weighted by atomic mass is 16.4. The summed E-state index contributed by atoms with van der Waals surface area (Å²) >= 11 is 0. The van der Waals surface area contributed by atoms with Crippen molar-refractivity contribution < 1.29 is 19.1 Å². The molecule has 1 amide bonds. The highest BCUT2D eigenvalue weighted by Crippen LogP contribution is 2.15. The highest BCUT2D eigenvalue weighted by molar-refractivity contribution is 5.94. The molecule has 0 aliphatic rings. The number of rotatable bonds is 4. The summed E-state index contributed by atoms with van der Waals surface area (Å²) in [5, 5.41) is 11.0. The molecule has 2 N–H and O–H groups in total. The lowest BCUT2D eigenvalue weighted by molar-refractivity contribution is -0.138. The molecule has 1 heterocycles. The topological polar surface area (TPSA) is 79.5 Å². The molecule has 0 aliphatic carbocycles. The number of amides is 1. The number of carboxylic acids is 1. The van der Waals surface area contributed by atoms with Crippen LogP contribution in [0.1, 0.15) is 35.7 Å². The van der Waals surface area contributed by atoms with E-state index in [1.54, 1.807) is 6.07 Å². The first-order chi connectivity index (χ1) is 7.45. The lowest BCUT2D eigenvalue weighted by Gasteiger charge is -2.06. The van der Waals surface area contributed by atoms with E-state index in [1.165, 1.54) is 6.92 Å². The summed E-state index contributed by atoms with van der Waals surface area (Å²) < 4.78 is 5.30. The summed E-state index contributed by atoms with van der Waals surface area (Å²) in [6.07, 6.45) is 0.702. The van der Waals surface area contributed by atoms with Gasteiger partial charge in [0.15, 0.2) is 5.76 Å². The van der Waals surface area contributed by atoms with E-state index in [0.29, 0.717) is 6.42 Å². The van der Waals surface area contributed by atoms with Gasteiger partial charge in [0.25, 0.3) is 5.91 Å². The first-order valence-electron chi connectivity index (χ1n) is 5.08. The zero-order valence-electron chi connectivity index (χ0n) is 9.53. The molecule has 1 rings (SSSR count). The minimum atomic E-state index is -1.08. The molecule has 0 saturated heterocycles. The number of nitrogens with one attached hydrogen (secondary N) is 1. The van der Waals surface area contributed by atoms with Crippen LogP contribution in [0.5, 0.6) is 0 Å². The Labute approximate surface area is 93.4 Å². The largest absolute Gasteiger partial charge is 0.480 e. The van der Waals surface area contributed by atoms with Crippen LogP contribution in [0.15, 0.2) is 10.5 Å². The number of carbonyl (C=O) groups is 2. The fourth-order valence-electron chi connectivity index (χ4n) is 1.31. The molecule has 0 saturated carbocycles. The molecule has 0 radical (unpaired) electrons. The van der Waals surface area contributed by atoms with Crippen molar-refractivity contribution in [3.8, 4) is 0 Å². The molecule has 0 fully saturated rings. The molecule has 1 aromatic rings. The average molecular weight is 225 g/mol. The highest BCUT2D eigenvalue weighted by Gasteiger charge is 2.18. The fraction of sp³-hybridized carbons (Fsp3) is 0.455. The van der Waals surface area contributed by atoms with E-state index in [0.717, 1.165) is 11.3 Å². The van der Waals surface area contributed by atoms with Crippen LogP contribution in [0.3, 0.4) is 0 Å². The molecule has 5 nitrogen and oxygen atoms in total. The van der Waals surface area contributed by atoms with E-state index in [2.05, 4.69) is 5.32 Å². The van der Waals surface area contributed by atoms with Gasteiger partial charge in [-0.15, -0.1) is 0 Å². The van der Waals surface area contributed by atoms with Gasteiger partial charge >= 0.3 is 5.97 Å². The normalized spacial score (nSPS) is 12.2. The van der Waals surface area contributed by atoms with Gasteiger partial charge in [-0.2, -0.15) is 0 Å². The van der Waals surface area contributed by atoms with E-state index in [1.807, 2.05) is 13.8 Å². The molecule has 0 spiro atoms. The van der Waals surface area contributed by atoms with Crippen LogP contribution in [0.4, 0.5) is 0 Å². The minimum absolute atomic E-state index is 0.155. The second-order valence-corrected chi connectivity index (χ2v) is 3.60. The minimum Gasteiger partial charge on any atom is -0.480 e. The van der Waals surface area contributed by atoms with Crippen molar-refractivity contribution in [2.45, 2.75) is 33.2 Å². The monoisotopic (exact) mass is 225 g/mol. The molecule has 16 heavy (non-hydrogen) atoms. The zero-order valence-corrected chi connectivity index (χ0v) is 9.53. The lowest BCUT2D eigenvalue weighted by Crippen LogP contribution is -2.38. The maximum Gasteiger partial charge on any atom is 0.325 e. The van der Waals surface area contributed by atoms with E-state index < -0.39 is 17.9 Å². The van der Waals surface area contributed by atoms with Gasteiger partial charge < -0.3 is 14.8 Å². The molecule has 1 aromatic heterocycles. The summed E-state index contributed by atoms with van der Waals surface area (Å²) in [6, 6.07) is 0.686. The quantitative estimate of drug-likeness (QED) is 0.810. The Balaban J connectivity index is 2.77. The Morgan fingerprint density at radius 2 is 2.19 bits per heavy atom. The first kappa shape index (κ1) is 12.3. The van der Waals surface area contributed by atoms with Crippen molar-refractivity contribution in [2.24, 2.45) is 0 Å². The van der Waals surface area contributed by atoms with Gasteiger partial charge in [-0.25, -0.2) is 0 Å². The number of carboxylic acid groups (broad SMARTS) is 1. The van der Waals surface area contributed by atoms with Crippen LogP contribution >= 0.6 is 0 Å². The van der Waals surface area contributed by atoms with E-state index in [9.17, 15) is 9.59 Å². The third-order valence-electron chi connectivity index (χ3n) is 2.28. The van der Waals surface area contributed by atoms with Gasteiger partial charge in [-0.05, 0) is 25.5 Å². The van der Waals surface area contributed by atoms with E-state index in [-0.39, 0.29) is 5.76 Å². The van der Waals surface area contributed by atoms with Crippen LogP contribution in [0.25, 0.3) is 0 Å². The summed E-state index contributed by atoms with van der Waals surface area (Å²) in [7, 11) is 0. The third-order valence-corrected chi connectivity index (χ3v) is 2.28. The van der Waals surface area contributed by atoms with Crippen molar-refractivity contribution in [1.82, 2.24) is 5.32 Å². The predicted octanol–water partition coefficient (Wildman–Crippen LogP) is 1.35. The molecule has 1 unspecified atom stereocenters. The number of hydrogen-bond acceptors (Lipinski definition) is 3. The van der Waals surface area contributed by atoms with Crippen LogP contribution in [-0.2, 0) is 11.2 Å². The fourth-order valence-corrected chi connectivity index (χ4v) is 1.31. The lowest BCUT2D eigenvalue weighted by atomic mass is 10.2. The van der Waals surface area contributed by atoms with Crippen molar-refractivity contribution >= 4 is 11.9 Å². The molecular weight excluding hydrogens is 210 g/mol. The van der Waals surface area contributed by atoms with E-state index in [4.69, 9.17) is 9.52 Å². The van der Waals surface area contributed by atoms with Gasteiger partial charge in [-0.3, -0.25) is 9.59 Å². The Kier molecular flexibility index (Phi) is 3.71. The van der Waals surface area contributed by atoms with Crippen LogP contribution in [0.2, 0.25) is 0 Å². The van der Waals surface area contributed by atoms with Crippen molar-refractivity contribution in [3.05, 3.63) is 23.2 Å². The molecule has 0 aromatic carbocycles. The second kappa shape index (κ2) is 4.83. The van der Waals surface area contributed by atoms with Crippen LogP contribution in [-0.4, -0.2) is 23.0 Å². The molecule has 88 valence electrons. The number of hydrogen-bond donors (Lipinski definition) is 2.